The highest BCUT2D eigenvalue weighted by atomic mass is 32.2. The van der Waals surface area contributed by atoms with Gasteiger partial charge in [-0.1, -0.05) is 25.1 Å². The van der Waals surface area contributed by atoms with Gasteiger partial charge in [-0.05, 0) is 11.6 Å². The monoisotopic (exact) mass is 212 g/mol. The predicted molar refractivity (Wildman–Crippen MR) is 55.1 cm³/mol. The Morgan fingerprint density at radius 1 is 1.43 bits per heavy atom. The second-order valence-electron chi connectivity index (χ2n) is 3.19. The summed E-state index contributed by atoms with van der Waals surface area (Å²) >= 11 is 0. The first-order chi connectivity index (χ1) is 6.63. The van der Waals surface area contributed by atoms with Gasteiger partial charge in [0.25, 0.3) is 0 Å². The molecule has 1 aromatic rings. The van der Waals surface area contributed by atoms with Gasteiger partial charge < -0.3 is 0 Å². The standard InChI is InChI=1S/C9H12N2O2S/c1-2-11-7-8-5-3-4-6-9(8)10-14(11,12)13/h3-6,10H,2,7H2,1H3. The van der Waals surface area contributed by atoms with E-state index >= 15 is 0 Å². The predicted octanol–water partition coefficient (Wildman–Crippen LogP) is 1.18. The molecule has 2 rings (SSSR count). The highest BCUT2D eigenvalue weighted by Gasteiger charge is 2.26. The fourth-order valence-electron chi connectivity index (χ4n) is 1.52. The van der Waals surface area contributed by atoms with Crippen LogP contribution in [-0.2, 0) is 16.8 Å². The van der Waals surface area contributed by atoms with Crippen LogP contribution >= 0.6 is 0 Å². The van der Waals surface area contributed by atoms with Crippen LogP contribution < -0.4 is 4.72 Å². The van der Waals surface area contributed by atoms with Crippen LogP contribution in [0.3, 0.4) is 0 Å². The van der Waals surface area contributed by atoms with Crippen molar-refractivity contribution in [3.63, 3.8) is 0 Å². The second-order valence-corrected chi connectivity index (χ2v) is 4.86. The fourth-order valence-corrected chi connectivity index (χ4v) is 2.77. The van der Waals surface area contributed by atoms with Crippen molar-refractivity contribution in [2.45, 2.75) is 13.5 Å². The van der Waals surface area contributed by atoms with E-state index in [9.17, 15) is 8.42 Å². The zero-order valence-corrected chi connectivity index (χ0v) is 8.71. The molecule has 1 aliphatic rings. The minimum absolute atomic E-state index is 0.460. The Hall–Kier alpha value is -1.07. The number of hydrogen-bond donors (Lipinski definition) is 1. The maximum Gasteiger partial charge on any atom is 0.301 e. The number of hydrogen-bond acceptors (Lipinski definition) is 2. The summed E-state index contributed by atoms with van der Waals surface area (Å²) in [5, 5.41) is 0. The molecule has 76 valence electrons. The Kier molecular flexibility index (Phi) is 2.20. The lowest BCUT2D eigenvalue weighted by molar-refractivity contribution is 0.422. The van der Waals surface area contributed by atoms with E-state index in [1.165, 1.54) is 4.31 Å². The maximum absolute atomic E-state index is 11.6. The molecule has 1 aliphatic heterocycles. The van der Waals surface area contributed by atoms with Crippen LogP contribution in [0, 0.1) is 0 Å². The zero-order valence-electron chi connectivity index (χ0n) is 7.90. The van der Waals surface area contributed by atoms with Crippen LogP contribution in [0.1, 0.15) is 12.5 Å². The maximum atomic E-state index is 11.6. The number of fused-ring (bicyclic) bond motifs is 1. The van der Waals surface area contributed by atoms with E-state index in [0.29, 0.717) is 18.8 Å². The summed E-state index contributed by atoms with van der Waals surface area (Å²) in [5.41, 5.74) is 1.71. The van der Waals surface area contributed by atoms with Gasteiger partial charge in [-0.15, -0.1) is 0 Å². The smallest absolute Gasteiger partial charge is 0.271 e. The number of rotatable bonds is 1. The molecule has 1 heterocycles. The normalized spacial score (nSPS) is 19.8. The molecule has 1 aromatic carbocycles. The third-order valence-electron chi connectivity index (χ3n) is 2.30. The zero-order chi connectivity index (χ0) is 10.2. The minimum atomic E-state index is -3.30. The molecular weight excluding hydrogens is 200 g/mol. The van der Waals surface area contributed by atoms with Crippen LogP contribution in [0.5, 0.6) is 0 Å². The molecule has 0 saturated carbocycles. The van der Waals surface area contributed by atoms with Crippen LogP contribution in [0.4, 0.5) is 5.69 Å². The van der Waals surface area contributed by atoms with Crippen molar-refractivity contribution >= 4 is 15.9 Å². The first-order valence-corrected chi connectivity index (χ1v) is 5.93. The third-order valence-corrected chi connectivity index (χ3v) is 3.84. The Morgan fingerprint density at radius 3 is 2.86 bits per heavy atom. The Morgan fingerprint density at radius 2 is 2.14 bits per heavy atom. The molecule has 0 fully saturated rings. The van der Waals surface area contributed by atoms with E-state index in [-0.39, 0.29) is 0 Å². The molecule has 0 bridgehead atoms. The summed E-state index contributed by atoms with van der Waals surface area (Å²) in [7, 11) is -3.30. The molecule has 0 aliphatic carbocycles. The summed E-state index contributed by atoms with van der Waals surface area (Å²) in [6.07, 6.45) is 0. The molecule has 0 spiro atoms. The van der Waals surface area contributed by atoms with E-state index in [0.717, 1.165) is 5.56 Å². The van der Waals surface area contributed by atoms with Crippen LogP contribution in [0.2, 0.25) is 0 Å². The van der Waals surface area contributed by atoms with Crippen molar-refractivity contribution in [3.05, 3.63) is 29.8 Å². The molecule has 0 aromatic heterocycles. The van der Waals surface area contributed by atoms with Crippen molar-refractivity contribution in [1.29, 1.82) is 0 Å². The van der Waals surface area contributed by atoms with E-state index in [2.05, 4.69) is 4.72 Å². The summed E-state index contributed by atoms with van der Waals surface area (Å²) in [6, 6.07) is 7.44. The van der Waals surface area contributed by atoms with E-state index in [1.807, 2.05) is 25.1 Å². The summed E-state index contributed by atoms with van der Waals surface area (Å²) < 4.78 is 27.1. The first-order valence-electron chi connectivity index (χ1n) is 4.49. The van der Waals surface area contributed by atoms with Gasteiger partial charge in [-0.2, -0.15) is 12.7 Å². The second kappa shape index (κ2) is 3.25. The van der Waals surface area contributed by atoms with Crippen molar-refractivity contribution in [3.8, 4) is 0 Å². The highest BCUT2D eigenvalue weighted by Crippen LogP contribution is 2.25. The highest BCUT2D eigenvalue weighted by molar-refractivity contribution is 7.90. The number of nitrogens with zero attached hydrogens (tertiary/aromatic N) is 1. The number of benzene rings is 1. The largest absolute Gasteiger partial charge is 0.301 e. The molecule has 0 atom stereocenters. The average molecular weight is 212 g/mol. The quantitative estimate of drug-likeness (QED) is 0.760. The van der Waals surface area contributed by atoms with Crippen molar-refractivity contribution < 1.29 is 8.42 Å². The van der Waals surface area contributed by atoms with E-state index in [1.54, 1.807) is 6.07 Å². The third kappa shape index (κ3) is 1.49. The molecule has 4 nitrogen and oxygen atoms in total. The van der Waals surface area contributed by atoms with Crippen LogP contribution in [0.25, 0.3) is 0 Å². The fraction of sp³-hybridized carbons (Fsp3) is 0.333. The van der Waals surface area contributed by atoms with Crippen molar-refractivity contribution in [2.24, 2.45) is 0 Å². The lowest BCUT2D eigenvalue weighted by Crippen LogP contribution is -2.39. The van der Waals surface area contributed by atoms with E-state index in [4.69, 9.17) is 0 Å². The van der Waals surface area contributed by atoms with Gasteiger partial charge in [-0.3, -0.25) is 4.72 Å². The summed E-state index contributed by atoms with van der Waals surface area (Å²) in [5.74, 6) is 0. The van der Waals surface area contributed by atoms with Crippen molar-refractivity contribution in [1.82, 2.24) is 4.31 Å². The number of anilines is 1. The van der Waals surface area contributed by atoms with Gasteiger partial charge in [0, 0.05) is 13.1 Å². The molecule has 5 heteroatoms. The Balaban J connectivity index is 2.45. The van der Waals surface area contributed by atoms with Gasteiger partial charge >= 0.3 is 10.2 Å². The molecule has 0 unspecified atom stereocenters. The van der Waals surface area contributed by atoms with Gasteiger partial charge in [-0.25, -0.2) is 0 Å². The number of nitrogens with one attached hydrogen (secondary N) is 1. The molecular formula is C9H12N2O2S. The summed E-state index contributed by atoms with van der Waals surface area (Å²) in [6.45, 7) is 2.78. The molecule has 0 radical (unpaired) electrons. The van der Waals surface area contributed by atoms with Gasteiger partial charge in [0.05, 0.1) is 5.69 Å². The molecule has 1 N–H and O–H groups in total. The first kappa shape index (κ1) is 9.48. The Labute approximate surface area is 83.7 Å². The lowest BCUT2D eigenvalue weighted by Gasteiger charge is -2.27. The van der Waals surface area contributed by atoms with E-state index < -0.39 is 10.2 Å². The molecule has 14 heavy (non-hydrogen) atoms. The van der Waals surface area contributed by atoms with Gasteiger partial charge in [0.1, 0.15) is 0 Å². The lowest BCUT2D eigenvalue weighted by atomic mass is 10.2. The average Bonchev–Trinajstić information content (AvgIpc) is 2.15. The topological polar surface area (TPSA) is 49.4 Å². The van der Waals surface area contributed by atoms with Gasteiger partial charge in [0.15, 0.2) is 0 Å². The van der Waals surface area contributed by atoms with Crippen LogP contribution in [0.15, 0.2) is 24.3 Å². The van der Waals surface area contributed by atoms with Gasteiger partial charge in [0.2, 0.25) is 0 Å². The Bertz CT molecular complexity index is 442. The SMILES string of the molecule is CCN1Cc2ccccc2NS1(=O)=O. The summed E-state index contributed by atoms with van der Waals surface area (Å²) in [4.78, 5) is 0. The molecule has 0 amide bonds. The molecule has 0 saturated heterocycles. The van der Waals surface area contributed by atoms with Crippen LogP contribution in [-0.4, -0.2) is 19.3 Å². The number of para-hydroxylation sites is 1. The van der Waals surface area contributed by atoms with Crippen molar-refractivity contribution in [2.75, 3.05) is 11.3 Å². The minimum Gasteiger partial charge on any atom is -0.271 e.